The number of nitrogens with one attached hydrogen (secondary N) is 1. The smallest absolute Gasteiger partial charge is 0.246 e. The molecule has 0 spiro atoms. The van der Waals surface area contributed by atoms with Crippen LogP contribution in [0.5, 0.6) is 0 Å². The zero-order chi connectivity index (χ0) is 13.9. The molecule has 0 aliphatic carbocycles. The maximum Gasteiger partial charge on any atom is 0.246 e. The van der Waals surface area contributed by atoms with Crippen LogP contribution in [0.3, 0.4) is 0 Å². The Hall–Kier alpha value is -1.95. The molecule has 0 radical (unpaired) electrons. The average molecular weight is 292 g/mol. The Labute approximate surface area is 121 Å². The fraction of sp³-hybridized carbons (Fsp3) is 0.385. The fourth-order valence-corrected chi connectivity index (χ4v) is 2.34. The van der Waals surface area contributed by atoms with Crippen molar-refractivity contribution in [1.82, 2.24) is 25.5 Å². The van der Waals surface area contributed by atoms with E-state index in [0.29, 0.717) is 17.4 Å². The summed E-state index contributed by atoms with van der Waals surface area (Å²) in [7, 11) is 0. The molecular formula is C13H14ClN5O. The number of carbonyl (C=O) groups excluding carboxylic acids is 1. The SMILES string of the molecule is O=C1NCCCC[C@@H]1n1nnc(-c2ccc(Cl)cc2)n1. The van der Waals surface area contributed by atoms with Gasteiger partial charge in [-0.15, -0.1) is 10.2 Å². The highest BCUT2D eigenvalue weighted by Gasteiger charge is 2.25. The summed E-state index contributed by atoms with van der Waals surface area (Å²) in [5.41, 5.74) is 0.828. The third-order valence-electron chi connectivity index (χ3n) is 3.32. The largest absolute Gasteiger partial charge is 0.354 e. The molecule has 1 atom stereocenters. The molecule has 7 heteroatoms. The molecule has 1 aromatic heterocycles. The van der Waals surface area contributed by atoms with E-state index in [1.807, 2.05) is 12.1 Å². The third-order valence-corrected chi connectivity index (χ3v) is 3.57. The summed E-state index contributed by atoms with van der Waals surface area (Å²) < 4.78 is 0. The van der Waals surface area contributed by atoms with Gasteiger partial charge < -0.3 is 5.32 Å². The Balaban J connectivity index is 1.85. The molecule has 2 heterocycles. The van der Waals surface area contributed by atoms with E-state index in [9.17, 15) is 4.79 Å². The number of aromatic nitrogens is 4. The van der Waals surface area contributed by atoms with Gasteiger partial charge in [-0.25, -0.2) is 0 Å². The summed E-state index contributed by atoms with van der Waals surface area (Å²) in [5, 5.41) is 15.9. The normalized spacial score (nSPS) is 19.4. The minimum Gasteiger partial charge on any atom is -0.354 e. The lowest BCUT2D eigenvalue weighted by molar-refractivity contribution is -0.124. The molecule has 1 aliphatic heterocycles. The zero-order valence-corrected chi connectivity index (χ0v) is 11.5. The van der Waals surface area contributed by atoms with Gasteiger partial charge in [0.15, 0.2) is 6.04 Å². The fourth-order valence-electron chi connectivity index (χ4n) is 2.22. The van der Waals surface area contributed by atoms with Crippen molar-refractivity contribution in [3.63, 3.8) is 0 Å². The molecule has 0 saturated carbocycles. The van der Waals surface area contributed by atoms with Crippen LogP contribution in [0.2, 0.25) is 5.02 Å². The average Bonchev–Trinajstić information content (AvgIpc) is 2.83. The van der Waals surface area contributed by atoms with Gasteiger partial charge >= 0.3 is 0 Å². The van der Waals surface area contributed by atoms with Crippen LogP contribution in [-0.2, 0) is 4.79 Å². The van der Waals surface area contributed by atoms with Crippen LogP contribution in [0, 0.1) is 0 Å². The summed E-state index contributed by atoms with van der Waals surface area (Å²) in [6.07, 6.45) is 2.70. The van der Waals surface area contributed by atoms with Gasteiger partial charge in [-0.3, -0.25) is 4.79 Å². The maximum absolute atomic E-state index is 11.9. The second kappa shape index (κ2) is 5.58. The lowest BCUT2D eigenvalue weighted by atomic mass is 10.1. The molecular weight excluding hydrogens is 278 g/mol. The van der Waals surface area contributed by atoms with Gasteiger partial charge in [-0.05, 0) is 48.7 Å². The van der Waals surface area contributed by atoms with E-state index in [0.717, 1.165) is 24.8 Å². The van der Waals surface area contributed by atoms with E-state index in [1.165, 1.54) is 4.80 Å². The van der Waals surface area contributed by atoms with Crippen molar-refractivity contribution >= 4 is 17.5 Å². The molecule has 2 aromatic rings. The molecule has 1 amide bonds. The minimum absolute atomic E-state index is 0.0393. The summed E-state index contributed by atoms with van der Waals surface area (Å²) in [4.78, 5) is 13.4. The Bertz CT molecular complexity index is 609. The van der Waals surface area contributed by atoms with Crippen molar-refractivity contribution in [2.75, 3.05) is 6.54 Å². The highest BCUT2D eigenvalue weighted by Crippen LogP contribution is 2.20. The molecule has 1 fully saturated rings. The summed E-state index contributed by atoms with van der Waals surface area (Å²) in [6.45, 7) is 0.716. The lowest BCUT2D eigenvalue weighted by Crippen LogP contribution is -2.32. The predicted molar refractivity (Wildman–Crippen MR) is 74.2 cm³/mol. The molecule has 104 valence electrons. The first-order valence-corrected chi connectivity index (χ1v) is 6.95. The predicted octanol–water partition coefficient (Wildman–Crippen LogP) is 1.83. The van der Waals surface area contributed by atoms with Crippen molar-refractivity contribution in [2.24, 2.45) is 0 Å². The minimum atomic E-state index is -0.369. The molecule has 3 rings (SSSR count). The van der Waals surface area contributed by atoms with E-state index in [-0.39, 0.29) is 11.9 Å². The Kier molecular flexibility index (Phi) is 3.64. The van der Waals surface area contributed by atoms with Gasteiger partial charge in [0.2, 0.25) is 11.7 Å². The summed E-state index contributed by atoms with van der Waals surface area (Å²) >= 11 is 5.85. The standard InChI is InChI=1S/C13H14ClN5O/c14-10-6-4-9(5-7-10)12-16-18-19(17-12)11-3-1-2-8-15-13(11)20/h4-7,11H,1-3,8H2,(H,15,20)/t11-/m0/s1. The number of nitrogens with zero attached hydrogens (tertiary/aromatic N) is 4. The Morgan fingerprint density at radius 1 is 1.25 bits per heavy atom. The van der Waals surface area contributed by atoms with Crippen LogP contribution in [0.4, 0.5) is 0 Å². The number of carbonyl (C=O) groups is 1. The highest BCUT2D eigenvalue weighted by molar-refractivity contribution is 6.30. The molecule has 1 aromatic carbocycles. The molecule has 6 nitrogen and oxygen atoms in total. The Morgan fingerprint density at radius 3 is 2.85 bits per heavy atom. The molecule has 0 unspecified atom stereocenters. The molecule has 20 heavy (non-hydrogen) atoms. The van der Waals surface area contributed by atoms with E-state index < -0.39 is 0 Å². The summed E-state index contributed by atoms with van der Waals surface area (Å²) in [6, 6.07) is 6.84. The van der Waals surface area contributed by atoms with Crippen molar-refractivity contribution in [1.29, 1.82) is 0 Å². The Morgan fingerprint density at radius 2 is 2.05 bits per heavy atom. The maximum atomic E-state index is 11.9. The number of hydrogen-bond acceptors (Lipinski definition) is 4. The van der Waals surface area contributed by atoms with Gasteiger partial charge in [-0.1, -0.05) is 11.6 Å². The van der Waals surface area contributed by atoms with Gasteiger partial charge in [0.25, 0.3) is 0 Å². The zero-order valence-electron chi connectivity index (χ0n) is 10.8. The molecule has 1 saturated heterocycles. The van der Waals surface area contributed by atoms with Gasteiger partial charge in [-0.2, -0.15) is 4.80 Å². The lowest BCUT2D eigenvalue weighted by Gasteiger charge is -2.10. The van der Waals surface area contributed by atoms with Gasteiger partial charge in [0, 0.05) is 17.1 Å². The van der Waals surface area contributed by atoms with Crippen LogP contribution in [0.15, 0.2) is 24.3 Å². The molecule has 1 aliphatic rings. The summed E-state index contributed by atoms with van der Waals surface area (Å²) in [5.74, 6) is 0.460. The number of tetrazole rings is 1. The number of rotatable bonds is 2. The van der Waals surface area contributed by atoms with E-state index in [2.05, 4.69) is 20.7 Å². The van der Waals surface area contributed by atoms with Crippen molar-refractivity contribution < 1.29 is 4.79 Å². The first-order chi connectivity index (χ1) is 9.74. The van der Waals surface area contributed by atoms with Crippen molar-refractivity contribution in [3.8, 4) is 11.4 Å². The second-order valence-electron chi connectivity index (χ2n) is 4.74. The second-order valence-corrected chi connectivity index (χ2v) is 5.18. The van der Waals surface area contributed by atoms with E-state index in [4.69, 9.17) is 11.6 Å². The third kappa shape index (κ3) is 2.65. The highest BCUT2D eigenvalue weighted by atomic mass is 35.5. The number of amides is 1. The number of benzene rings is 1. The monoisotopic (exact) mass is 291 g/mol. The van der Waals surface area contributed by atoms with Crippen molar-refractivity contribution in [2.45, 2.75) is 25.3 Å². The van der Waals surface area contributed by atoms with Crippen molar-refractivity contribution in [3.05, 3.63) is 29.3 Å². The van der Waals surface area contributed by atoms with Gasteiger partial charge in [0.1, 0.15) is 0 Å². The number of hydrogen-bond donors (Lipinski definition) is 1. The van der Waals surface area contributed by atoms with Crippen LogP contribution >= 0.6 is 11.6 Å². The van der Waals surface area contributed by atoms with Crippen LogP contribution in [-0.4, -0.2) is 32.7 Å². The van der Waals surface area contributed by atoms with E-state index in [1.54, 1.807) is 12.1 Å². The first kappa shape index (κ1) is 13.1. The van der Waals surface area contributed by atoms with Gasteiger partial charge in [0.05, 0.1) is 0 Å². The topological polar surface area (TPSA) is 72.7 Å². The number of halogens is 1. The quantitative estimate of drug-likeness (QED) is 0.916. The van der Waals surface area contributed by atoms with E-state index >= 15 is 0 Å². The van der Waals surface area contributed by atoms with Crippen LogP contribution < -0.4 is 5.32 Å². The van der Waals surface area contributed by atoms with Crippen LogP contribution in [0.25, 0.3) is 11.4 Å². The first-order valence-electron chi connectivity index (χ1n) is 6.57. The molecule has 1 N–H and O–H groups in total. The van der Waals surface area contributed by atoms with Crippen LogP contribution in [0.1, 0.15) is 25.3 Å². The molecule has 0 bridgehead atoms.